The maximum Gasteiger partial charge on any atom is 0.337 e. The van der Waals surface area contributed by atoms with Gasteiger partial charge in [-0.05, 0) is 77.8 Å². The van der Waals surface area contributed by atoms with Gasteiger partial charge < -0.3 is 44.3 Å². The van der Waals surface area contributed by atoms with Crippen molar-refractivity contribution >= 4 is 46.8 Å². The number of aliphatic hydroxyl groups excluding tert-OH is 1. The predicted octanol–water partition coefficient (Wildman–Crippen LogP) is 7.37. The molecule has 4 aromatic carbocycles. The normalized spacial score (nSPS) is 18.8. The van der Waals surface area contributed by atoms with Gasteiger partial charge in [0, 0.05) is 55.5 Å². The Hall–Kier alpha value is -6.44. The van der Waals surface area contributed by atoms with Gasteiger partial charge in [-0.15, -0.1) is 0 Å². The lowest BCUT2D eigenvalue weighted by molar-refractivity contribution is 0.0336. The molecule has 3 N–H and O–H groups in total. The molecule has 2 unspecified atom stereocenters. The molecule has 4 aliphatic rings. The Balaban J connectivity index is 0.843. The Morgan fingerprint density at radius 3 is 2.00 bits per heavy atom. The van der Waals surface area contributed by atoms with Crippen molar-refractivity contribution < 1.29 is 38.4 Å². The monoisotopic (exact) mass is 797 g/mol. The van der Waals surface area contributed by atoms with E-state index in [2.05, 4.69) is 12.1 Å². The summed E-state index contributed by atoms with van der Waals surface area (Å²) in [5.41, 5.74) is 13.7. The zero-order valence-electron chi connectivity index (χ0n) is 33.3. The lowest BCUT2D eigenvalue weighted by Gasteiger charge is -2.27. The number of unbranched alkanes of at least 4 members (excludes halogenated alkanes) is 2. The van der Waals surface area contributed by atoms with Crippen molar-refractivity contribution in [3.8, 4) is 23.0 Å². The number of carbonyl (C=O) groups is 2. The molecule has 13 nitrogen and oxygen atoms in total. The van der Waals surface area contributed by atoms with Gasteiger partial charge >= 0.3 is 5.97 Å². The highest BCUT2D eigenvalue weighted by Crippen LogP contribution is 2.44. The number of hydrogen-bond acceptors (Lipinski definition) is 12. The van der Waals surface area contributed by atoms with Gasteiger partial charge in [-0.3, -0.25) is 14.8 Å². The third-order valence-electron chi connectivity index (χ3n) is 11.1. The van der Waals surface area contributed by atoms with Crippen LogP contribution in [0.1, 0.15) is 81.3 Å². The summed E-state index contributed by atoms with van der Waals surface area (Å²) in [4.78, 5) is 38.7. The van der Waals surface area contributed by atoms with Crippen LogP contribution in [0.25, 0.3) is 11.1 Å². The Bertz CT molecular complexity index is 2350. The fourth-order valence-electron chi connectivity index (χ4n) is 7.83. The van der Waals surface area contributed by atoms with Crippen LogP contribution in [0.15, 0.2) is 95.2 Å². The number of carbonyl (C=O) groups excluding carboxylic acids is 2. The molecule has 8 rings (SSSR count). The number of esters is 1. The Labute approximate surface area is 343 Å². The van der Waals surface area contributed by atoms with Gasteiger partial charge in [0.25, 0.3) is 5.91 Å². The molecular weight excluding hydrogens is 751 g/mol. The minimum absolute atomic E-state index is 0.0866. The number of nitrogens with two attached hydrogens (primary N) is 1. The number of ether oxygens (including phenoxy) is 5. The molecule has 0 aliphatic carbocycles. The fourth-order valence-corrected chi connectivity index (χ4v) is 7.83. The summed E-state index contributed by atoms with van der Waals surface area (Å²) >= 11 is 0. The van der Waals surface area contributed by atoms with Crippen LogP contribution in [0.4, 0.5) is 11.4 Å². The van der Waals surface area contributed by atoms with Crippen molar-refractivity contribution in [2.45, 2.75) is 57.0 Å². The third-order valence-corrected chi connectivity index (χ3v) is 11.1. The molecule has 4 aliphatic heterocycles. The summed E-state index contributed by atoms with van der Waals surface area (Å²) in [6.45, 7) is 1.39. The van der Waals surface area contributed by atoms with Crippen LogP contribution in [-0.2, 0) is 11.3 Å². The highest BCUT2D eigenvalue weighted by atomic mass is 16.5. The van der Waals surface area contributed by atoms with Gasteiger partial charge in [-0.1, -0.05) is 36.4 Å². The molecule has 0 bridgehead atoms. The van der Waals surface area contributed by atoms with E-state index in [1.54, 1.807) is 49.6 Å². The van der Waals surface area contributed by atoms with Gasteiger partial charge in [-0.2, -0.15) is 0 Å². The maximum absolute atomic E-state index is 13.8. The highest BCUT2D eigenvalue weighted by Gasteiger charge is 2.35. The molecule has 4 heterocycles. The first-order valence-electron chi connectivity index (χ1n) is 19.7. The molecule has 1 amide bonds. The number of aliphatic hydroxyl groups is 1. The van der Waals surface area contributed by atoms with Crippen LogP contribution in [0, 0.1) is 0 Å². The lowest BCUT2D eigenvalue weighted by atomic mass is 10.0. The van der Waals surface area contributed by atoms with Crippen LogP contribution >= 0.6 is 0 Å². The van der Waals surface area contributed by atoms with E-state index in [-0.39, 0.29) is 18.0 Å². The average Bonchev–Trinajstić information content (AvgIpc) is 3.85. The van der Waals surface area contributed by atoms with Crippen LogP contribution in [-0.4, -0.2) is 85.8 Å². The van der Waals surface area contributed by atoms with Crippen LogP contribution in [0.2, 0.25) is 0 Å². The number of methoxy groups -OCH3 is 3. The molecule has 0 fully saturated rings. The number of nitrogens with zero attached hydrogens (tertiary/aromatic N) is 4. The summed E-state index contributed by atoms with van der Waals surface area (Å²) in [7, 11) is 4.49. The van der Waals surface area contributed by atoms with E-state index in [0.717, 1.165) is 53.5 Å². The van der Waals surface area contributed by atoms with Crippen molar-refractivity contribution in [3.05, 3.63) is 119 Å². The minimum Gasteiger partial charge on any atom is -0.493 e. The van der Waals surface area contributed by atoms with E-state index >= 15 is 0 Å². The van der Waals surface area contributed by atoms with Crippen molar-refractivity contribution in [2.24, 2.45) is 15.7 Å². The highest BCUT2D eigenvalue weighted by molar-refractivity contribution is 6.05. The van der Waals surface area contributed by atoms with E-state index in [4.69, 9.17) is 39.4 Å². The molecular formula is C46H47N5O8. The number of fused-ring (bicyclic) bond motifs is 4. The molecule has 4 aromatic rings. The van der Waals surface area contributed by atoms with Gasteiger partial charge in [-0.25, -0.2) is 4.79 Å². The van der Waals surface area contributed by atoms with E-state index in [0.29, 0.717) is 77.2 Å². The Kier molecular flexibility index (Phi) is 11.5. The molecule has 0 saturated heterocycles. The number of rotatable bonds is 14. The Morgan fingerprint density at radius 1 is 0.746 bits per heavy atom. The minimum atomic E-state index is -0.902. The number of benzene rings is 4. The first-order valence-corrected chi connectivity index (χ1v) is 19.7. The van der Waals surface area contributed by atoms with E-state index < -0.39 is 12.2 Å². The fraction of sp³-hybridized carbons (Fsp3) is 0.304. The predicted molar refractivity (Wildman–Crippen MR) is 225 cm³/mol. The SMILES string of the molecule is COC(=O)c1ccc(C2=CN3C(=O)c4cc(OC)c(OCCCCCOc5cc6c(cc5OC)C(O)N5C=C(c7ccc(CN)cc7)CC5C=N6)cc4N=C[C@@H]3C2)cc1. The summed E-state index contributed by atoms with van der Waals surface area (Å²) in [5, 5.41) is 11.5. The smallest absolute Gasteiger partial charge is 0.337 e. The topological polar surface area (TPSA) is 158 Å². The van der Waals surface area contributed by atoms with Gasteiger partial charge in [0.1, 0.15) is 0 Å². The molecule has 3 atom stereocenters. The molecule has 0 aromatic heterocycles. The summed E-state index contributed by atoms with van der Waals surface area (Å²) < 4.78 is 28.5. The molecule has 304 valence electrons. The van der Waals surface area contributed by atoms with Gasteiger partial charge in [0.15, 0.2) is 29.2 Å². The average molecular weight is 798 g/mol. The van der Waals surface area contributed by atoms with Crippen LogP contribution in [0.5, 0.6) is 23.0 Å². The maximum atomic E-state index is 13.8. The van der Waals surface area contributed by atoms with E-state index in [9.17, 15) is 14.7 Å². The van der Waals surface area contributed by atoms with Crippen molar-refractivity contribution in [2.75, 3.05) is 34.5 Å². The Morgan fingerprint density at radius 2 is 1.34 bits per heavy atom. The second kappa shape index (κ2) is 17.2. The van der Waals surface area contributed by atoms with Gasteiger partial charge in [0.05, 0.1) is 69.1 Å². The first kappa shape index (κ1) is 39.4. The number of aliphatic imine (C=N–C) groups is 2. The zero-order chi connectivity index (χ0) is 41.0. The second-order valence-corrected chi connectivity index (χ2v) is 14.8. The first-order chi connectivity index (χ1) is 28.8. The number of hydrogen-bond donors (Lipinski definition) is 2. The lowest BCUT2D eigenvalue weighted by Crippen LogP contribution is -2.32. The molecule has 0 radical (unpaired) electrons. The summed E-state index contributed by atoms with van der Waals surface area (Å²) in [6, 6.07) is 22.1. The quantitative estimate of drug-likeness (QED) is 0.0975. The molecule has 13 heteroatoms. The zero-order valence-corrected chi connectivity index (χ0v) is 33.3. The van der Waals surface area contributed by atoms with E-state index in [1.807, 2.05) is 59.9 Å². The van der Waals surface area contributed by atoms with Crippen LogP contribution in [0.3, 0.4) is 0 Å². The standard InChI is InChI=1S/C46H47N5O8/c1-55-40-19-36-38(48-24-34-17-32(26-50(34)44(36)52)29-9-7-28(23-47)8-10-29)21-42(40)58-15-5-4-6-16-59-43-22-39-37(20-41(43)56-2)45(53)51-27-33(18-35(51)25-49-39)30-11-13-31(14-12-30)46(54)57-3/h7-14,19-22,24-27,34-35,44,52H,4-6,15-18,23,47H2,1-3H3/t34?,35-,44?/m0/s1. The van der Waals surface area contributed by atoms with Crippen molar-refractivity contribution in [1.29, 1.82) is 0 Å². The number of amides is 1. The summed E-state index contributed by atoms with van der Waals surface area (Å²) in [5.74, 6) is 1.48. The van der Waals surface area contributed by atoms with Crippen molar-refractivity contribution in [3.63, 3.8) is 0 Å². The van der Waals surface area contributed by atoms with Gasteiger partial charge in [0.2, 0.25) is 0 Å². The van der Waals surface area contributed by atoms with Crippen molar-refractivity contribution in [1.82, 2.24) is 9.80 Å². The summed E-state index contributed by atoms with van der Waals surface area (Å²) in [6.07, 6.45) is 10.3. The van der Waals surface area contributed by atoms with E-state index in [1.165, 1.54) is 7.11 Å². The molecule has 59 heavy (non-hydrogen) atoms. The molecule has 0 saturated carbocycles. The second-order valence-electron chi connectivity index (χ2n) is 14.8. The molecule has 0 spiro atoms. The van der Waals surface area contributed by atoms with Crippen LogP contribution < -0.4 is 24.7 Å². The third kappa shape index (κ3) is 8.03. The largest absolute Gasteiger partial charge is 0.493 e.